The van der Waals surface area contributed by atoms with E-state index >= 15 is 0 Å². The van der Waals surface area contributed by atoms with Crippen LogP contribution in [0.15, 0.2) is 29.1 Å². The number of nitrogens with one attached hydrogen (secondary N) is 2. The molecule has 2 N–H and O–H groups in total. The van der Waals surface area contributed by atoms with Gasteiger partial charge in [0.05, 0.1) is 9.20 Å². The zero-order chi connectivity index (χ0) is 17.9. The van der Waals surface area contributed by atoms with Gasteiger partial charge in [0, 0.05) is 24.1 Å². The molecule has 5 nitrogen and oxygen atoms in total. The van der Waals surface area contributed by atoms with Crippen molar-refractivity contribution in [3.8, 4) is 0 Å². The second-order valence-corrected chi connectivity index (χ2v) is 7.57. The molecule has 0 fully saturated rings. The summed E-state index contributed by atoms with van der Waals surface area (Å²) < 4.78 is 1.07. The number of Topliss-reactive ketones (excluding diaryl/α,β-unsaturated/α-hetero) is 1. The number of aromatic nitrogens is 1. The van der Waals surface area contributed by atoms with Gasteiger partial charge in [-0.3, -0.25) is 14.4 Å². The zero-order valence-corrected chi connectivity index (χ0v) is 14.9. The molecule has 126 valence electrons. The van der Waals surface area contributed by atoms with Crippen LogP contribution in [-0.4, -0.2) is 16.7 Å². The minimum absolute atomic E-state index is 0.0359. The number of thiazole rings is 1. The number of H-pyrrole nitrogens is 1. The number of aromatic amines is 1. The van der Waals surface area contributed by atoms with E-state index in [9.17, 15) is 14.4 Å². The number of carbonyl (C=O) groups excluding carboxylic acids is 2. The minimum Gasteiger partial charge on any atom is -0.326 e. The second kappa shape index (κ2) is 6.97. The Bertz CT molecular complexity index is 928. The SMILES string of the molecule is CC(=O)Nc1ccc(/C=c2\s/c(=C\C(=O)C(C)(C)C)[nH]c2=O)cc1. The maximum Gasteiger partial charge on any atom is 0.266 e. The fraction of sp³-hybridized carbons (Fsp3) is 0.278. The van der Waals surface area contributed by atoms with Gasteiger partial charge >= 0.3 is 0 Å². The van der Waals surface area contributed by atoms with Gasteiger partial charge in [-0.25, -0.2) is 0 Å². The second-order valence-electron chi connectivity index (χ2n) is 6.49. The quantitative estimate of drug-likeness (QED) is 0.888. The van der Waals surface area contributed by atoms with Crippen molar-refractivity contribution in [1.82, 2.24) is 4.98 Å². The van der Waals surface area contributed by atoms with Crippen molar-refractivity contribution >= 4 is 40.9 Å². The van der Waals surface area contributed by atoms with Gasteiger partial charge in [-0.2, -0.15) is 0 Å². The molecule has 2 rings (SSSR count). The van der Waals surface area contributed by atoms with Crippen LogP contribution in [0.5, 0.6) is 0 Å². The topological polar surface area (TPSA) is 79.0 Å². The van der Waals surface area contributed by atoms with E-state index in [0.29, 0.717) is 14.9 Å². The van der Waals surface area contributed by atoms with Crippen molar-refractivity contribution in [2.24, 2.45) is 5.41 Å². The molecule has 0 saturated carbocycles. The van der Waals surface area contributed by atoms with Crippen LogP contribution in [0.3, 0.4) is 0 Å². The highest BCUT2D eigenvalue weighted by atomic mass is 32.1. The number of hydrogen-bond acceptors (Lipinski definition) is 4. The molecule has 1 heterocycles. The van der Waals surface area contributed by atoms with Gasteiger partial charge in [0.1, 0.15) is 0 Å². The van der Waals surface area contributed by atoms with Crippen LogP contribution in [0.2, 0.25) is 0 Å². The maximum atomic E-state index is 12.0. The van der Waals surface area contributed by atoms with Gasteiger partial charge in [0.25, 0.3) is 5.56 Å². The summed E-state index contributed by atoms with van der Waals surface area (Å²) in [4.78, 5) is 37.8. The molecule has 0 aliphatic rings. The molecule has 0 aliphatic heterocycles. The molecule has 0 spiro atoms. The number of amides is 1. The first kappa shape index (κ1) is 17.9. The predicted molar refractivity (Wildman–Crippen MR) is 97.4 cm³/mol. The zero-order valence-electron chi connectivity index (χ0n) is 14.1. The monoisotopic (exact) mass is 344 g/mol. The van der Waals surface area contributed by atoms with Crippen LogP contribution in [0, 0.1) is 5.41 Å². The van der Waals surface area contributed by atoms with Crippen LogP contribution in [-0.2, 0) is 9.59 Å². The van der Waals surface area contributed by atoms with E-state index in [-0.39, 0.29) is 17.2 Å². The summed E-state index contributed by atoms with van der Waals surface area (Å²) in [5, 5.41) is 2.69. The molecule has 0 bridgehead atoms. The molecule has 0 aliphatic carbocycles. The predicted octanol–water partition coefficient (Wildman–Crippen LogP) is 1.62. The lowest BCUT2D eigenvalue weighted by Crippen LogP contribution is -2.22. The molecular formula is C18H20N2O3S. The Morgan fingerprint density at radius 1 is 1.17 bits per heavy atom. The van der Waals surface area contributed by atoms with Gasteiger partial charge in [-0.05, 0) is 23.8 Å². The summed E-state index contributed by atoms with van der Waals surface area (Å²) in [5.74, 6) is -0.170. The molecular weight excluding hydrogens is 324 g/mol. The fourth-order valence-electron chi connectivity index (χ4n) is 1.88. The summed E-state index contributed by atoms with van der Waals surface area (Å²) in [6.07, 6.45) is 3.23. The Hall–Kier alpha value is -2.47. The number of hydrogen-bond donors (Lipinski definition) is 2. The molecule has 0 radical (unpaired) electrons. The standard InChI is InChI=1S/C18H20N2O3S/c1-11(21)19-13-7-5-12(6-8-13)9-14-17(23)20-16(24-14)10-15(22)18(2,3)4/h5-10H,1-4H3,(H,19,21)(H,20,23)/b14-9-,16-10-. The molecule has 1 aromatic heterocycles. The van der Waals surface area contributed by atoms with Gasteiger partial charge in [0.15, 0.2) is 5.78 Å². The van der Waals surface area contributed by atoms with Crippen LogP contribution in [0.25, 0.3) is 12.2 Å². The summed E-state index contributed by atoms with van der Waals surface area (Å²) in [7, 11) is 0. The van der Waals surface area contributed by atoms with Crippen molar-refractivity contribution in [2.75, 3.05) is 5.32 Å². The number of anilines is 1. The van der Waals surface area contributed by atoms with E-state index in [1.165, 1.54) is 24.3 Å². The Morgan fingerprint density at radius 2 is 1.79 bits per heavy atom. The lowest BCUT2D eigenvalue weighted by molar-refractivity contribution is -0.120. The number of benzene rings is 1. The van der Waals surface area contributed by atoms with E-state index in [1.54, 1.807) is 18.2 Å². The Balaban J connectivity index is 2.35. The number of carbonyl (C=O) groups is 2. The average molecular weight is 344 g/mol. The van der Waals surface area contributed by atoms with Crippen molar-refractivity contribution in [3.05, 3.63) is 49.4 Å². The number of rotatable bonds is 3. The van der Waals surface area contributed by atoms with Crippen molar-refractivity contribution in [1.29, 1.82) is 0 Å². The lowest BCUT2D eigenvalue weighted by atomic mass is 9.91. The van der Waals surface area contributed by atoms with Gasteiger partial charge in [0.2, 0.25) is 5.91 Å². The van der Waals surface area contributed by atoms with E-state index in [1.807, 2.05) is 32.9 Å². The summed E-state index contributed by atoms with van der Waals surface area (Å²) in [6.45, 7) is 6.95. The smallest absolute Gasteiger partial charge is 0.266 e. The molecule has 2 aromatic rings. The normalized spacial score (nSPS) is 13.2. The van der Waals surface area contributed by atoms with Crippen LogP contribution < -0.4 is 20.1 Å². The first-order chi connectivity index (χ1) is 11.1. The first-order valence-electron chi connectivity index (χ1n) is 7.50. The van der Waals surface area contributed by atoms with E-state index in [0.717, 1.165) is 5.56 Å². The first-order valence-corrected chi connectivity index (χ1v) is 8.31. The van der Waals surface area contributed by atoms with Crippen LogP contribution >= 0.6 is 11.3 Å². The summed E-state index contributed by atoms with van der Waals surface area (Å²) >= 11 is 1.24. The minimum atomic E-state index is -0.482. The van der Waals surface area contributed by atoms with Gasteiger partial charge in [-0.1, -0.05) is 32.9 Å². The third-order valence-electron chi connectivity index (χ3n) is 3.21. The largest absolute Gasteiger partial charge is 0.326 e. The Morgan fingerprint density at radius 3 is 2.33 bits per heavy atom. The third-order valence-corrected chi connectivity index (χ3v) is 4.17. The highest BCUT2D eigenvalue weighted by molar-refractivity contribution is 7.07. The fourth-order valence-corrected chi connectivity index (χ4v) is 2.76. The Labute approximate surface area is 143 Å². The molecule has 24 heavy (non-hydrogen) atoms. The summed E-state index contributed by atoms with van der Waals surface area (Å²) in [5.41, 5.74) is 0.832. The van der Waals surface area contributed by atoms with Crippen molar-refractivity contribution < 1.29 is 9.59 Å². The van der Waals surface area contributed by atoms with Gasteiger partial charge in [-0.15, -0.1) is 11.3 Å². The molecule has 0 saturated heterocycles. The van der Waals surface area contributed by atoms with E-state index in [2.05, 4.69) is 10.3 Å². The molecule has 0 unspecified atom stereocenters. The van der Waals surface area contributed by atoms with E-state index < -0.39 is 5.41 Å². The van der Waals surface area contributed by atoms with Crippen molar-refractivity contribution in [3.63, 3.8) is 0 Å². The van der Waals surface area contributed by atoms with E-state index in [4.69, 9.17) is 0 Å². The molecule has 1 aromatic carbocycles. The number of ketones is 1. The van der Waals surface area contributed by atoms with Crippen molar-refractivity contribution in [2.45, 2.75) is 27.7 Å². The third kappa shape index (κ3) is 4.76. The maximum absolute atomic E-state index is 12.0. The summed E-state index contributed by atoms with van der Waals surface area (Å²) in [6, 6.07) is 7.17. The highest BCUT2D eigenvalue weighted by Gasteiger charge is 2.18. The van der Waals surface area contributed by atoms with Crippen LogP contribution in [0.1, 0.15) is 33.3 Å². The Kier molecular flexibility index (Phi) is 5.19. The molecule has 0 atom stereocenters. The lowest BCUT2D eigenvalue weighted by Gasteiger charge is -2.12. The molecule has 6 heteroatoms. The van der Waals surface area contributed by atoms with Gasteiger partial charge < -0.3 is 10.3 Å². The van der Waals surface area contributed by atoms with Crippen LogP contribution in [0.4, 0.5) is 5.69 Å². The highest BCUT2D eigenvalue weighted by Crippen LogP contribution is 2.14. The average Bonchev–Trinajstić information content (AvgIpc) is 2.79. The molecule has 1 amide bonds.